The number of para-hydroxylation sites is 1. The molecule has 2 aliphatic rings. The topological polar surface area (TPSA) is 34.4 Å². The Hall–Kier alpha value is -1.48. The lowest BCUT2D eigenvalue weighted by Gasteiger charge is -2.21. The van der Waals surface area contributed by atoms with Gasteiger partial charge in [-0.15, -0.1) is 0 Å². The highest BCUT2D eigenvalue weighted by molar-refractivity contribution is 5.83. The summed E-state index contributed by atoms with van der Waals surface area (Å²) in [6, 6.07) is 8.13. The summed E-state index contributed by atoms with van der Waals surface area (Å²) in [6.07, 6.45) is 5.85. The third-order valence-electron chi connectivity index (χ3n) is 5.37. The molecule has 1 heterocycles. The molecule has 3 unspecified atom stereocenters. The number of nitrogens with one attached hydrogen (secondary N) is 1. The van der Waals surface area contributed by atoms with Crippen molar-refractivity contribution in [1.82, 2.24) is 5.32 Å². The molecule has 0 amide bonds. The molecule has 112 valence electrons. The van der Waals surface area contributed by atoms with Gasteiger partial charge in [-0.1, -0.05) is 18.6 Å². The Balaban J connectivity index is 1.39. The molecular weight excluding hydrogens is 262 g/mol. The fourth-order valence-corrected chi connectivity index (χ4v) is 4.34. The zero-order valence-electron chi connectivity index (χ0n) is 12.6. The van der Waals surface area contributed by atoms with Crippen LogP contribution in [0.1, 0.15) is 31.4 Å². The van der Waals surface area contributed by atoms with E-state index in [1.165, 1.54) is 25.7 Å². The van der Waals surface area contributed by atoms with E-state index in [4.69, 9.17) is 9.15 Å². The maximum absolute atomic E-state index is 5.93. The summed E-state index contributed by atoms with van der Waals surface area (Å²) in [6.45, 7) is 1.95. The third-order valence-corrected chi connectivity index (χ3v) is 5.37. The van der Waals surface area contributed by atoms with Crippen molar-refractivity contribution in [2.45, 2.75) is 32.2 Å². The summed E-state index contributed by atoms with van der Waals surface area (Å²) < 4.78 is 11.3. The van der Waals surface area contributed by atoms with Crippen molar-refractivity contribution in [3.63, 3.8) is 0 Å². The van der Waals surface area contributed by atoms with Crippen molar-refractivity contribution < 1.29 is 9.15 Å². The monoisotopic (exact) mass is 285 g/mol. The number of benzene rings is 1. The molecular formula is C18H23NO2. The van der Waals surface area contributed by atoms with Gasteiger partial charge in [0.25, 0.3) is 0 Å². The molecule has 2 fully saturated rings. The zero-order valence-corrected chi connectivity index (χ0v) is 12.6. The summed E-state index contributed by atoms with van der Waals surface area (Å²) >= 11 is 0. The molecule has 2 bridgehead atoms. The molecule has 2 aromatic rings. The lowest BCUT2D eigenvalue weighted by molar-refractivity contribution is 0.314. The lowest BCUT2D eigenvalue weighted by atomic mass is 9.89. The number of hydrogen-bond donors (Lipinski definition) is 1. The second-order valence-electron chi connectivity index (χ2n) is 6.66. The molecule has 3 nitrogen and oxygen atoms in total. The van der Waals surface area contributed by atoms with Crippen molar-refractivity contribution in [3.05, 3.63) is 30.0 Å². The van der Waals surface area contributed by atoms with Crippen molar-refractivity contribution in [2.75, 3.05) is 13.7 Å². The van der Waals surface area contributed by atoms with Gasteiger partial charge >= 0.3 is 0 Å². The largest absolute Gasteiger partial charge is 0.493 e. The average molecular weight is 285 g/mol. The Kier molecular flexibility index (Phi) is 3.38. The highest BCUT2D eigenvalue weighted by atomic mass is 16.5. The van der Waals surface area contributed by atoms with Crippen LogP contribution in [0.2, 0.25) is 0 Å². The molecule has 0 spiro atoms. The van der Waals surface area contributed by atoms with Crippen LogP contribution in [0.5, 0.6) is 5.75 Å². The predicted molar refractivity (Wildman–Crippen MR) is 83.4 cm³/mol. The average Bonchev–Trinajstić information content (AvgIpc) is 3.20. The molecule has 0 radical (unpaired) electrons. The van der Waals surface area contributed by atoms with Gasteiger partial charge in [0.15, 0.2) is 11.3 Å². The summed E-state index contributed by atoms with van der Waals surface area (Å²) in [7, 11) is 1.68. The number of rotatable bonds is 5. The van der Waals surface area contributed by atoms with E-state index < -0.39 is 0 Å². The van der Waals surface area contributed by atoms with E-state index in [2.05, 4.69) is 17.4 Å². The van der Waals surface area contributed by atoms with Crippen molar-refractivity contribution >= 4 is 11.0 Å². The van der Waals surface area contributed by atoms with Crippen LogP contribution in [-0.4, -0.2) is 13.7 Å². The second-order valence-corrected chi connectivity index (χ2v) is 6.66. The first-order valence-corrected chi connectivity index (χ1v) is 8.09. The second kappa shape index (κ2) is 5.38. The molecule has 2 saturated carbocycles. The molecule has 3 heteroatoms. The number of hydrogen-bond acceptors (Lipinski definition) is 3. The van der Waals surface area contributed by atoms with E-state index in [1.807, 2.05) is 12.1 Å². The summed E-state index contributed by atoms with van der Waals surface area (Å²) in [5.41, 5.74) is 0.858. The minimum absolute atomic E-state index is 0.811. The number of furan rings is 1. The first-order valence-electron chi connectivity index (χ1n) is 8.09. The van der Waals surface area contributed by atoms with Crippen LogP contribution in [0.15, 0.2) is 28.7 Å². The van der Waals surface area contributed by atoms with Crippen LogP contribution in [0.4, 0.5) is 0 Å². The van der Waals surface area contributed by atoms with Gasteiger partial charge in [-0.2, -0.15) is 0 Å². The fourth-order valence-electron chi connectivity index (χ4n) is 4.34. The smallest absolute Gasteiger partial charge is 0.176 e. The lowest BCUT2D eigenvalue weighted by Crippen LogP contribution is -2.26. The molecule has 3 atom stereocenters. The van der Waals surface area contributed by atoms with E-state index in [9.17, 15) is 0 Å². The van der Waals surface area contributed by atoms with E-state index in [0.29, 0.717) is 0 Å². The van der Waals surface area contributed by atoms with Crippen molar-refractivity contribution in [2.24, 2.45) is 17.8 Å². The zero-order chi connectivity index (χ0) is 14.2. The highest BCUT2D eigenvalue weighted by Gasteiger charge is 2.38. The first kappa shape index (κ1) is 13.2. The van der Waals surface area contributed by atoms with Crippen LogP contribution < -0.4 is 10.1 Å². The molecule has 2 aliphatic carbocycles. The van der Waals surface area contributed by atoms with E-state index in [-0.39, 0.29) is 0 Å². The van der Waals surface area contributed by atoms with Gasteiger partial charge in [-0.05, 0) is 55.7 Å². The molecule has 0 saturated heterocycles. The van der Waals surface area contributed by atoms with E-state index in [1.54, 1.807) is 7.11 Å². The maximum atomic E-state index is 5.93. The van der Waals surface area contributed by atoms with Crippen molar-refractivity contribution in [3.8, 4) is 5.75 Å². The van der Waals surface area contributed by atoms with Crippen molar-refractivity contribution in [1.29, 1.82) is 0 Å². The summed E-state index contributed by atoms with van der Waals surface area (Å²) in [5.74, 6) is 4.71. The highest BCUT2D eigenvalue weighted by Crippen LogP contribution is 2.47. The van der Waals surface area contributed by atoms with E-state index in [0.717, 1.165) is 53.3 Å². The normalized spacial score (nSPS) is 27.6. The summed E-state index contributed by atoms with van der Waals surface area (Å²) in [5, 5.41) is 4.71. The van der Waals surface area contributed by atoms with Gasteiger partial charge in [0.05, 0.1) is 13.7 Å². The molecule has 0 aliphatic heterocycles. The van der Waals surface area contributed by atoms with Gasteiger partial charge in [-0.25, -0.2) is 0 Å². The molecule has 4 rings (SSSR count). The standard InChI is InChI=1S/C18H23NO2/c1-20-17-4-2-3-14-9-16(21-18(14)17)11-19-10-15-8-12-5-6-13(15)7-12/h2-4,9,12-13,15,19H,5-8,10-11H2,1H3. The number of fused-ring (bicyclic) bond motifs is 3. The van der Waals surface area contributed by atoms with Gasteiger partial charge in [-0.3, -0.25) is 0 Å². The van der Waals surface area contributed by atoms with Gasteiger partial charge in [0.2, 0.25) is 0 Å². The Labute approximate surface area is 125 Å². The maximum Gasteiger partial charge on any atom is 0.176 e. The summed E-state index contributed by atoms with van der Waals surface area (Å²) in [4.78, 5) is 0. The van der Waals surface area contributed by atoms with Crippen LogP contribution in [-0.2, 0) is 6.54 Å². The van der Waals surface area contributed by atoms with Gasteiger partial charge < -0.3 is 14.5 Å². The molecule has 1 N–H and O–H groups in total. The van der Waals surface area contributed by atoms with Gasteiger partial charge in [0, 0.05) is 5.39 Å². The minimum Gasteiger partial charge on any atom is -0.493 e. The first-order chi connectivity index (χ1) is 10.3. The quantitative estimate of drug-likeness (QED) is 0.902. The molecule has 1 aromatic carbocycles. The third kappa shape index (κ3) is 2.44. The van der Waals surface area contributed by atoms with Crippen LogP contribution in [0.25, 0.3) is 11.0 Å². The molecule has 1 aromatic heterocycles. The van der Waals surface area contributed by atoms with Crippen LogP contribution in [0.3, 0.4) is 0 Å². The SMILES string of the molecule is COc1cccc2cc(CNCC3CC4CCC3C4)oc12. The van der Waals surface area contributed by atoms with Gasteiger partial charge in [0.1, 0.15) is 5.76 Å². The predicted octanol–water partition coefficient (Wildman–Crippen LogP) is 3.97. The Bertz CT molecular complexity index is 633. The Morgan fingerprint density at radius 3 is 3.00 bits per heavy atom. The van der Waals surface area contributed by atoms with Crippen LogP contribution in [0, 0.1) is 17.8 Å². The van der Waals surface area contributed by atoms with Crippen LogP contribution >= 0.6 is 0 Å². The Morgan fingerprint density at radius 1 is 1.29 bits per heavy atom. The molecule has 21 heavy (non-hydrogen) atoms. The number of ether oxygens (including phenoxy) is 1. The fraction of sp³-hybridized carbons (Fsp3) is 0.556. The minimum atomic E-state index is 0.811. The number of methoxy groups -OCH3 is 1. The Morgan fingerprint density at radius 2 is 2.24 bits per heavy atom. The van der Waals surface area contributed by atoms with E-state index >= 15 is 0 Å².